The SMILES string of the molecule is CN(Cc1ccc(F)cc1)C(=O)c1cc(S(=O)(=O)NC(C)(C)C)ccc1Br. The molecule has 146 valence electrons. The van der Waals surface area contributed by atoms with Gasteiger partial charge in [0.05, 0.1) is 10.5 Å². The Morgan fingerprint density at radius 1 is 1.15 bits per heavy atom. The molecule has 0 aromatic heterocycles. The maximum atomic E-state index is 13.0. The van der Waals surface area contributed by atoms with Crippen LogP contribution in [0.1, 0.15) is 36.7 Å². The first kappa shape index (κ1) is 21.5. The van der Waals surface area contributed by atoms with Crippen molar-refractivity contribution >= 4 is 31.9 Å². The standard InChI is InChI=1S/C19H22BrFN2O3S/c1-19(2,3)22-27(25,26)15-9-10-17(20)16(11-15)18(24)23(4)12-13-5-7-14(21)8-6-13/h5-11,22H,12H2,1-4H3. The van der Waals surface area contributed by atoms with E-state index in [1.807, 2.05) is 0 Å². The number of hydrogen-bond donors (Lipinski definition) is 1. The van der Waals surface area contributed by atoms with Crippen LogP contribution >= 0.6 is 15.9 Å². The second kappa shape index (κ2) is 8.08. The molecule has 0 atom stereocenters. The molecule has 1 amide bonds. The van der Waals surface area contributed by atoms with Gasteiger partial charge in [-0.3, -0.25) is 4.79 Å². The molecule has 5 nitrogen and oxygen atoms in total. The van der Waals surface area contributed by atoms with E-state index in [-0.39, 0.29) is 28.7 Å². The van der Waals surface area contributed by atoms with Gasteiger partial charge in [-0.15, -0.1) is 0 Å². The maximum Gasteiger partial charge on any atom is 0.255 e. The van der Waals surface area contributed by atoms with Crippen LogP contribution in [0.4, 0.5) is 4.39 Å². The summed E-state index contributed by atoms with van der Waals surface area (Å²) in [4.78, 5) is 14.3. The van der Waals surface area contributed by atoms with E-state index in [9.17, 15) is 17.6 Å². The molecule has 0 saturated heterocycles. The molecule has 0 aliphatic carbocycles. The highest BCUT2D eigenvalue weighted by Gasteiger charge is 2.24. The van der Waals surface area contributed by atoms with E-state index in [2.05, 4.69) is 20.7 Å². The van der Waals surface area contributed by atoms with Crippen molar-refractivity contribution in [1.82, 2.24) is 9.62 Å². The van der Waals surface area contributed by atoms with Crippen molar-refractivity contribution in [1.29, 1.82) is 0 Å². The molecule has 2 aromatic rings. The van der Waals surface area contributed by atoms with Crippen LogP contribution in [-0.4, -0.2) is 31.8 Å². The molecule has 0 radical (unpaired) electrons. The first-order chi connectivity index (χ1) is 12.4. The monoisotopic (exact) mass is 456 g/mol. The summed E-state index contributed by atoms with van der Waals surface area (Å²) in [5.74, 6) is -0.696. The minimum Gasteiger partial charge on any atom is -0.337 e. The molecule has 27 heavy (non-hydrogen) atoms. The third-order valence-electron chi connectivity index (χ3n) is 3.60. The largest absolute Gasteiger partial charge is 0.337 e. The van der Waals surface area contributed by atoms with Crippen molar-refractivity contribution in [2.45, 2.75) is 37.8 Å². The Kier molecular flexibility index (Phi) is 6.44. The van der Waals surface area contributed by atoms with Gasteiger partial charge < -0.3 is 4.90 Å². The molecule has 0 aliphatic rings. The topological polar surface area (TPSA) is 66.5 Å². The zero-order valence-electron chi connectivity index (χ0n) is 15.6. The lowest BCUT2D eigenvalue weighted by molar-refractivity contribution is 0.0784. The fourth-order valence-corrected chi connectivity index (χ4v) is 4.30. The van der Waals surface area contributed by atoms with Crippen molar-refractivity contribution < 1.29 is 17.6 Å². The van der Waals surface area contributed by atoms with Crippen LogP contribution in [0.2, 0.25) is 0 Å². The van der Waals surface area contributed by atoms with Crippen molar-refractivity contribution in [2.75, 3.05) is 7.05 Å². The quantitative estimate of drug-likeness (QED) is 0.740. The summed E-state index contributed by atoms with van der Waals surface area (Å²) in [7, 11) is -2.16. The third-order valence-corrected chi connectivity index (χ3v) is 6.05. The molecule has 1 N–H and O–H groups in total. The van der Waals surface area contributed by atoms with Crippen LogP contribution in [-0.2, 0) is 16.6 Å². The Morgan fingerprint density at radius 2 is 1.74 bits per heavy atom. The number of carbonyl (C=O) groups excluding carboxylic acids is 1. The number of halogens is 2. The summed E-state index contributed by atoms with van der Waals surface area (Å²) in [6, 6.07) is 10.2. The number of nitrogens with one attached hydrogen (secondary N) is 1. The van der Waals surface area contributed by atoms with E-state index in [1.165, 1.54) is 35.2 Å². The molecular weight excluding hydrogens is 435 g/mol. The minimum atomic E-state index is -3.76. The van der Waals surface area contributed by atoms with Gasteiger partial charge in [0.1, 0.15) is 5.82 Å². The van der Waals surface area contributed by atoms with Crippen molar-refractivity contribution in [2.24, 2.45) is 0 Å². The van der Waals surface area contributed by atoms with Gasteiger partial charge in [-0.05, 0) is 72.6 Å². The zero-order valence-corrected chi connectivity index (χ0v) is 18.0. The molecule has 0 saturated carbocycles. The number of hydrogen-bond acceptors (Lipinski definition) is 3. The van der Waals surface area contributed by atoms with Crippen LogP contribution in [0.25, 0.3) is 0 Å². The molecule has 0 aliphatic heterocycles. The first-order valence-electron chi connectivity index (χ1n) is 8.22. The number of sulfonamides is 1. The van der Waals surface area contributed by atoms with Crippen LogP contribution in [0, 0.1) is 5.82 Å². The Balaban J connectivity index is 2.29. The van der Waals surface area contributed by atoms with E-state index in [0.717, 1.165) is 5.56 Å². The summed E-state index contributed by atoms with van der Waals surface area (Å²) in [6.07, 6.45) is 0. The highest BCUT2D eigenvalue weighted by molar-refractivity contribution is 9.10. The molecular formula is C19H22BrFN2O3S. The van der Waals surface area contributed by atoms with Crippen molar-refractivity contribution in [3.8, 4) is 0 Å². The predicted octanol–water partition coefficient (Wildman–Crippen LogP) is 3.94. The van der Waals surface area contributed by atoms with Crippen LogP contribution < -0.4 is 4.72 Å². The number of amides is 1. The van der Waals surface area contributed by atoms with Crippen molar-refractivity contribution in [3.63, 3.8) is 0 Å². The van der Waals surface area contributed by atoms with Gasteiger partial charge in [0.15, 0.2) is 0 Å². The van der Waals surface area contributed by atoms with E-state index in [0.29, 0.717) is 4.47 Å². The molecule has 2 aromatic carbocycles. The van der Waals surface area contributed by atoms with E-state index < -0.39 is 15.6 Å². The molecule has 0 spiro atoms. The molecule has 0 fully saturated rings. The Labute approximate surface area is 167 Å². The normalized spacial score (nSPS) is 12.1. The third kappa shape index (κ3) is 5.85. The zero-order chi connectivity index (χ0) is 20.4. The molecule has 2 rings (SSSR count). The van der Waals surface area contributed by atoms with Gasteiger partial charge in [-0.2, -0.15) is 0 Å². The second-order valence-electron chi connectivity index (χ2n) is 7.28. The van der Waals surface area contributed by atoms with Gasteiger partial charge in [-0.1, -0.05) is 12.1 Å². The second-order valence-corrected chi connectivity index (χ2v) is 9.82. The highest BCUT2D eigenvalue weighted by atomic mass is 79.9. The lowest BCUT2D eigenvalue weighted by atomic mass is 10.1. The van der Waals surface area contributed by atoms with E-state index >= 15 is 0 Å². The number of rotatable bonds is 5. The number of carbonyl (C=O) groups is 1. The van der Waals surface area contributed by atoms with Crippen molar-refractivity contribution in [3.05, 3.63) is 63.9 Å². The highest BCUT2D eigenvalue weighted by Crippen LogP contribution is 2.24. The average Bonchev–Trinajstić information content (AvgIpc) is 2.54. The Bertz CT molecular complexity index is 938. The number of benzene rings is 2. The summed E-state index contributed by atoms with van der Waals surface area (Å²) in [6.45, 7) is 5.49. The lowest BCUT2D eigenvalue weighted by Crippen LogP contribution is -2.40. The Hall–Kier alpha value is -1.77. The van der Waals surface area contributed by atoms with E-state index in [4.69, 9.17) is 0 Å². The van der Waals surface area contributed by atoms with Gasteiger partial charge in [0, 0.05) is 23.6 Å². The average molecular weight is 457 g/mol. The fourth-order valence-electron chi connectivity index (χ4n) is 2.44. The summed E-state index contributed by atoms with van der Waals surface area (Å²) in [5, 5.41) is 0. The summed E-state index contributed by atoms with van der Waals surface area (Å²) < 4.78 is 41.2. The maximum absolute atomic E-state index is 13.0. The van der Waals surface area contributed by atoms with Gasteiger partial charge in [-0.25, -0.2) is 17.5 Å². The fraction of sp³-hybridized carbons (Fsp3) is 0.316. The summed E-state index contributed by atoms with van der Waals surface area (Å²) in [5.41, 5.74) is 0.355. The van der Waals surface area contributed by atoms with Gasteiger partial charge >= 0.3 is 0 Å². The minimum absolute atomic E-state index is 0.0131. The smallest absolute Gasteiger partial charge is 0.255 e. The molecule has 0 bridgehead atoms. The van der Waals surface area contributed by atoms with Crippen LogP contribution in [0.3, 0.4) is 0 Å². The van der Waals surface area contributed by atoms with Gasteiger partial charge in [0.25, 0.3) is 5.91 Å². The molecule has 8 heteroatoms. The number of nitrogens with zero attached hydrogens (tertiary/aromatic N) is 1. The Morgan fingerprint density at radius 3 is 2.30 bits per heavy atom. The first-order valence-corrected chi connectivity index (χ1v) is 10.5. The lowest BCUT2D eigenvalue weighted by Gasteiger charge is -2.21. The van der Waals surface area contributed by atoms with Gasteiger partial charge in [0.2, 0.25) is 10.0 Å². The van der Waals surface area contributed by atoms with E-state index in [1.54, 1.807) is 40.0 Å². The predicted molar refractivity (Wildman–Crippen MR) is 106 cm³/mol. The molecule has 0 unspecified atom stereocenters. The van der Waals surface area contributed by atoms with Crippen LogP contribution in [0.15, 0.2) is 51.8 Å². The summed E-state index contributed by atoms with van der Waals surface area (Å²) >= 11 is 3.31. The van der Waals surface area contributed by atoms with Crippen LogP contribution in [0.5, 0.6) is 0 Å². The molecule has 0 heterocycles.